The van der Waals surface area contributed by atoms with Gasteiger partial charge in [0.05, 0.1) is 17.1 Å². The number of imidazole rings is 1. The van der Waals surface area contributed by atoms with Crippen LogP contribution in [0, 0.1) is 5.92 Å². The van der Waals surface area contributed by atoms with E-state index in [1.807, 2.05) is 12.1 Å². The van der Waals surface area contributed by atoms with Gasteiger partial charge in [-0.2, -0.15) is 0 Å². The molecule has 0 radical (unpaired) electrons. The average Bonchev–Trinajstić information content (AvgIpc) is 2.92. The number of ether oxygens (including phenoxy) is 1. The Hall–Kier alpha value is -0.590. The van der Waals surface area contributed by atoms with Crippen LogP contribution in [-0.4, -0.2) is 22.7 Å². The van der Waals surface area contributed by atoms with Gasteiger partial charge in [0.25, 0.3) is 0 Å². The summed E-state index contributed by atoms with van der Waals surface area (Å²) in [6.07, 6.45) is 1.29. The van der Waals surface area contributed by atoms with Crippen LogP contribution in [0.3, 0.4) is 0 Å². The first kappa shape index (κ1) is 13.4. The van der Waals surface area contributed by atoms with Gasteiger partial charge in [-0.1, -0.05) is 31.9 Å². The van der Waals surface area contributed by atoms with Crippen molar-refractivity contribution in [3.8, 4) is 0 Å². The first-order valence-electron chi connectivity index (χ1n) is 6.23. The Morgan fingerprint density at radius 2 is 2.05 bits per heavy atom. The third-order valence-electron chi connectivity index (χ3n) is 3.74. The Morgan fingerprint density at radius 1 is 1.37 bits per heavy atom. The van der Waals surface area contributed by atoms with E-state index in [4.69, 9.17) is 4.74 Å². The van der Waals surface area contributed by atoms with Crippen molar-refractivity contribution in [2.45, 2.75) is 24.3 Å². The summed E-state index contributed by atoms with van der Waals surface area (Å²) in [6.45, 7) is 2.92. The lowest BCUT2D eigenvalue weighted by atomic mass is 9.93. The second kappa shape index (κ2) is 5.07. The van der Waals surface area contributed by atoms with Crippen molar-refractivity contribution in [2.24, 2.45) is 5.92 Å². The fourth-order valence-electron chi connectivity index (χ4n) is 2.65. The second-order valence-corrected chi connectivity index (χ2v) is 6.77. The summed E-state index contributed by atoms with van der Waals surface area (Å²) >= 11 is 7.37. The standard InChI is InChI=1S/C13H14Br2N2O2/c1-6-7(2-3-19-6)12(15)8-4-10-11(5-9(8)14)17-13(18)16-10/h4-7,12H,2-3H2,1H3,(H2,16,17,18). The molecule has 2 N–H and O–H groups in total. The molecule has 0 spiro atoms. The van der Waals surface area contributed by atoms with Crippen LogP contribution in [0.15, 0.2) is 21.4 Å². The van der Waals surface area contributed by atoms with Gasteiger partial charge in [0.1, 0.15) is 0 Å². The Balaban J connectivity index is 2.03. The van der Waals surface area contributed by atoms with Crippen LogP contribution in [0.5, 0.6) is 0 Å². The number of halogens is 2. The minimum atomic E-state index is -0.178. The summed E-state index contributed by atoms with van der Waals surface area (Å²) < 4.78 is 6.63. The molecule has 19 heavy (non-hydrogen) atoms. The van der Waals surface area contributed by atoms with E-state index in [-0.39, 0.29) is 16.6 Å². The summed E-state index contributed by atoms with van der Waals surface area (Å²) in [6, 6.07) is 3.96. The number of alkyl halides is 1. The molecule has 4 nitrogen and oxygen atoms in total. The lowest BCUT2D eigenvalue weighted by molar-refractivity contribution is 0.105. The highest BCUT2D eigenvalue weighted by Crippen LogP contribution is 2.42. The van der Waals surface area contributed by atoms with E-state index in [1.54, 1.807) is 0 Å². The molecule has 3 atom stereocenters. The van der Waals surface area contributed by atoms with Gasteiger partial charge in [0.15, 0.2) is 0 Å². The number of benzene rings is 1. The van der Waals surface area contributed by atoms with E-state index in [0.29, 0.717) is 5.92 Å². The van der Waals surface area contributed by atoms with Gasteiger partial charge in [-0.15, -0.1) is 0 Å². The summed E-state index contributed by atoms with van der Waals surface area (Å²) in [5, 5.41) is 0. The minimum absolute atomic E-state index is 0.178. The molecule has 1 aromatic carbocycles. The van der Waals surface area contributed by atoms with Crippen LogP contribution in [0.25, 0.3) is 11.0 Å². The molecule has 3 unspecified atom stereocenters. The maximum absolute atomic E-state index is 11.3. The van der Waals surface area contributed by atoms with E-state index < -0.39 is 0 Å². The number of hydrogen-bond donors (Lipinski definition) is 2. The van der Waals surface area contributed by atoms with Crippen molar-refractivity contribution in [1.29, 1.82) is 0 Å². The highest BCUT2D eigenvalue weighted by atomic mass is 79.9. The number of H-pyrrole nitrogens is 2. The quantitative estimate of drug-likeness (QED) is 0.772. The van der Waals surface area contributed by atoms with Gasteiger partial charge in [-0.25, -0.2) is 4.79 Å². The molecule has 1 aliphatic heterocycles. The SMILES string of the molecule is CC1OCCC1C(Br)c1cc2[nH]c(=O)[nH]c2cc1Br. The van der Waals surface area contributed by atoms with E-state index in [2.05, 4.69) is 48.8 Å². The molecule has 2 aromatic rings. The van der Waals surface area contributed by atoms with E-state index in [1.165, 1.54) is 0 Å². The van der Waals surface area contributed by atoms with Gasteiger partial charge in [-0.3, -0.25) is 0 Å². The first-order chi connectivity index (χ1) is 9.06. The number of rotatable bonds is 2. The number of nitrogens with one attached hydrogen (secondary N) is 2. The van der Waals surface area contributed by atoms with Gasteiger partial charge in [0.2, 0.25) is 0 Å². The molecule has 3 rings (SSSR count). The third-order valence-corrected chi connectivity index (χ3v) is 5.60. The predicted octanol–water partition coefficient (Wildman–Crippen LogP) is 3.48. The molecule has 0 amide bonds. The number of aromatic amines is 2. The summed E-state index contributed by atoms with van der Waals surface area (Å²) in [5.41, 5.74) is 2.61. The minimum Gasteiger partial charge on any atom is -0.378 e. The molecule has 102 valence electrons. The lowest BCUT2D eigenvalue weighted by Crippen LogP contribution is -2.16. The molecule has 1 aliphatic rings. The van der Waals surface area contributed by atoms with Crippen LogP contribution in [0.2, 0.25) is 0 Å². The monoisotopic (exact) mass is 388 g/mol. The fraction of sp³-hybridized carbons (Fsp3) is 0.462. The van der Waals surface area contributed by atoms with Crippen molar-refractivity contribution in [3.05, 3.63) is 32.7 Å². The predicted molar refractivity (Wildman–Crippen MR) is 81.8 cm³/mol. The highest BCUT2D eigenvalue weighted by Gasteiger charge is 2.32. The van der Waals surface area contributed by atoms with Gasteiger partial charge in [-0.05, 0) is 31.0 Å². The highest BCUT2D eigenvalue weighted by molar-refractivity contribution is 9.11. The normalized spacial score (nSPS) is 25.0. The van der Waals surface area contributed by atoms with Crippen LogP contribution >= 0.6 is 31.9 Å². The van der Waals surface area contributed by atoms with Crippen LogP contribution < -0.4 is 5.69 Å². The molecule has 2 heterocycles. The van der Waals surface area contributed by atoms with Gasteiger partial charge < -0.3 is 14.7 Å². The second-order valence-electron chi connectivity index (χ2n) is 4.93. The zero-order valence-corrected chi connectivity index (χ0v) is 13.5. The molecule has 0 saturated carbocycles. The molecule has 1 aromatic heterocycles. The number of fused-ring (bicyclic) bond motifs is 1. The largest absolute Gasteiger partial charge is 0.378 e. The maximum Gasteiger partial charge on any atom is 0.323 e. The Bertz CT molecular complexity index is 664. The van der Waals surface area contributed by atoms with E-state index >= 15 is 0 Å². The first-order valence-corrected chi connectivity index (χ1v) is 7.94. The summed E-state index contributed by atoms with van der Waals surface area (Å²) in [7, 11) is 0. The summed E-state index contributed by atoms with van der Waals surface area (Å²) in [5.74, 6) is 0.444. The van der Waals surface area contributed by atoms with Crippen LogP contribution in [0.4, 0.5) is 0 Å². The van der Waals surface area contributed by atoms with Gasteiger partial charge >= 0.3 is 5.69 Å². The van der Waals surface area contributed by atoms with Crippen molar-refractivity contribution >= 4 is 42.9 Å². The molecule has 0 bridgehead atoms. The van der Waals surface area contributed by atoms with Crippen LogP contribution in [0.1, 0.15) is 23.7 Å². The average molecular weight is 390 g/mol. The molecular formula is C13H14Br2N2O2. The Morgan fingerprint density at radius 3 is 2.68 bits per heavy atom. The Kier molecular flexibility index (Phi) is 3.57. The third kappa shape index (κ3) is 2.41. The molecule has 1 fully saturated rings. The van der Waals surface area contributed by atoms with Crippen molar-refractivity contribution in [3.63, 3.8) is 0 Å². The zero-order chi connectivity index (χ0) is 13.6. The number of hydrogen-bond acceptors (Lipinski definition) is 2. The van der Waals surface area contributed by atoms with Gasteiger partial charge in [0, 0.05) is 21.8 Å². The van der Waals surface area contributed by atoms with Crippen molar-refractivity contribution in [1.82, 2.24) is 9.97 Å². The smallest absolute Gasteiger partial charge is 0.323 e. The molecule has 1 saturated heterocycles. The fourth-order valence-corrected chi connectivity index (χ4v) is 4.62. The van der Waals surface area contributed by atoms with Crippen molar-refractivity contribution in [2.75, 3.05) is 6.61 Å². The topological polar surface area (TPSA) is 57.9 Å². The maximum atomic E-state index is 11.3. The molecule has 0 aliphatic carbocycles. The van der Waals surface area contributed by atoms with E-state index in [9.17, 15) is 4.79 Å². The molecular weight excluding hydrogens is 376 g/mol. The van der Waals surface area contributed by atoms with Crippen LogP contribution in [-0.2, 0) is 4.74 Å². The van der Waals surface area contributed by atoms with E-state index in [0.717, 1.165) is 34.1 Å². The zero-order valence-electron chi connectivity index (χ0n) is 10.4. The lowest BCUT2D eigenvalue weighted by Gasteiger charge is -2.22. The van der Waals surface area contributed by atoms with Crippen molar-refractivity contribution < 1.29 is 4.74 Å². The summed E-state index contributed by atoms with van der Waals surface area (Å²) in [4.78, 5) is 17.1. The molecule has 6 heteroatoms. The Labute approximate surface area is 127 Å². The number of aromatic nitrogens is 2.